The Hall–Kier alpha value is -4.14. The van der Waals surface area contributed by atoms with Crippen molar-refractivity contribution in [2.45, 2.75) is 38.8 Å². The van der Waals surface area contributed by atoms with Crippen LogP contribution in [0.4, 0.5) is 0 Å². The third-order valence-corrected chi connectivity index (χ3v) is 6.32. The zero-order chi connectivity index (χ0) is 24.4. The number of para-hydroxylation sites is 2. The topological polar surface area (TPSA) is 137 Å². The van der Waals surface area contributed by atoms with E-state index in [4.69, 9.17) is 0 Å². The number of hydrogen-bond acceptors (Lipinski definition) is 4. The van der Waals surface area contributed by atoms with E-state index in [0.29, 0.717) is 11.9 Å². The number of aromatic nitrogens is 3. The highest BCUT2D eigenvalue weighted by atomic mass is 16.4. The number of carbonyl (C=O) groups is 2. The lowest BCUT2D eigenvalue weighted by molar-refractivity contribution is -0.143. The van der Waals surface area contributed by atoms with Gasteiger partial charge in [0.15, 0.2) is 0 Å². The Labute approximate surface area is 194 Å². The largest absolute Gasteiger partial charge is 0.480 e. The molecule has 0 unspecified atom stereocenters. The molecule has 9 heteroatoms. The van der Waals surface area contributed by atoms with Crippen molar-refractivity contribution in [3.63, 3.8) is 0 Å². The number of hydrogen-bond donors (Lipinski definition) is 4. The summed E-state index contributed by atoms with van der Waals surface area (Å²) in [7, 11) is 0. The molecule has 0 aliphatic carbocycles. The van der Waals surface area contributed by atoms with Crippen molar-refractivity contribution in [2.24, 2.45) is 5.92 Å². The fourth-order valence-electron chi connectivity index (χ4n) is 4.20. The van der Waals surface area contributed by atoms with Gasteiger partial charge in [0.05, 0.1) is 10.9 Å². The number of carboxylic acid groups (broad SMARTS) is 1. The first kappa shape index (κ1) is 23.0. The molecule has 0 aliphatic rings. The highest BCUT2D eigenvalue weighted by Crippen LogP contribution is 2.23. The molecule has 176 valence electrons. The minimum Gasteiger partial charge on any atom is -0.480 e. The summed E-state index contributed by atoms with van der Waals surface area (Å²) in [4.78, 5) is 57.5. The summed E-state index contributed by atoms with van der Waals surface area (Å²) in [6.45, 7) is 3.55. The normalized spacial score (nSPS) is 14.1. The second-order valence-corrected chi connectivity index (χ2v) is 8.44. The molecule has 0 saturated heterocycles. The zero-order valence-corrected chi connectivity index (χ0v) is 18.9. The summed E-state index contributed by atoms with van der Waals surface area (Å²) in [5, 5.41) is 13.3. The molecule has 2 aromatic heterocycles. The highest BCUT2D eigenvalue weighted by molar-refractivity contribution is 5.88. The first-order valence-corrected chi connectivity index (χ1v) is 11.1. The number of benzene rings is 2. The van der Waals surface area contributed by atoms with Crippen LogP contribution in [0, 0.1) is 5.92 Å². The van der Waals surface area contributed by atoms with E-state index >= 15 is 0 Å². The smallest absolute Gasteiger partial charge is 0.329 e. The third kappa shape index (κ3) is 4.24. The van der Waals surface area contributed by atoms with Crippen LogP contribution in [-0.2, 0) is 16.0 Å². The Morgan fingerprint density at radius 1 is 1.03 bits per heavy atom. The predicted octanol–water partition coefficient (Wildman–Crippen LogP) is 2.57. The third-order valence-electron chi connectivity index (χ3n) is 6.32. The van der Waals surface area contributed by atoms with Crippen LogP contribution >= 0.6 is 0 Å². The molecule has 34 heavy (non-hydrogen) atoms. The van der Waals surface area contributed by atoms with Crippen molar-refractivity contribution in [2.75, 3.05) is 0 Å². The SMILES string of the molecule is CC[C@H](C)[C@H](NC(=O)[C@H](Cc1c[nH]c2ccccc12)n1c(=O)[nH]c2ccccc2c1=O)C(=O)O. The Morgan fingerprint density at radius 3 is 2.35 bits per heavy atom. The minimum atomic E-state index is -1.26. The van der Waals surface area contributed by atoms with Crippen LogP contribution in [0.3, 0.4) is 0 Å². The maximum atomic E-state index is 13.5. The molecule has 1 amide bonds. The van der Waals surface area contributed by atoms with E-state index in [2.05, 4.69) is 15.3 Å². The predicted molar refractivity (Wildman–Crippen MR) is 129 cm³/mol. The molecular weight excluding hydrogens is 436 g/mol. The first-order valence-electron chi connectivity index (χ1n) is 11.1. The van der Waals surface area contributed by atoms with Crippen LogP contribution in [0.5, 0.6) is 0 Å². The lowest BCUT2D eigenvalue weighted by atomic mass is 9.98. The molecule has 3 atom stereocenters. The quantitative estimate of drug-likeness (QED) is 0.319. The summed E-state index contributed by atoms with van der Waals surface area (Å²) in [5.74, 6) is -2.23. The lowest BCUT2D eigenvalue weighted by Crippen LogP contribution is -2.51. The van der Waals surface area contributed by atoms with E-state index in [1.807, 2.05) is 31.2 Å². The number of carboxylic acids is 1. The maximum Gasteiger partial charge on any atom is 0.329 e. The fraction of sp³-hybridized carbons (Fsp3) is 0.280. The number of amides is 1. The van der Waals surface area contributed by atoms with Gasteiger partial charge in [-0.15, -0.1) is 0 Å². The summed E-state index contributed by atoms with van der Waals surface area (Å²) < 4.78 is 0.884. The molecule has 0 spiro atoms. The van der Waals surface area contributed by atoms with Gasteiger partial charge >= 0.3 is 11.7 Å². The standard InChI is InChI=1S/C25H26N4O5/c1-3-14(2)21(24(32)33)28-22(30)20(12-15-13-26-18-10-6-4-8-16(15)18)29-23(31)17-9-5-7-11-19(17)27-25(29)34/h4-11,13-14,20-21,26H,3,12H2,1-2H3,(H,27,34)(H,28,30)(H,32,33)/t14-,20-,21-/m0/s1. The Kier molecular flexibility index (Phi) is 6.36. The second kappa shape index (κ2) is 9.38. The van der Waals surface area contributed by atoms with E-state index in [0.717, 1.165) is 21.0 Å². The fourth-order valence-corrected chi connectivity index (χ4v) is 4.20. The average Bonchev–Trinajstić information content (AvgIpc) is 3.24. The average molecular weight is 463 g/mol. The number of rotatable bonds is 8. The van der Waals surface area contributed by atoms with Gasteiger partial charge in [-0.1, -0.05) is 50.6 Å². The zero-order valence-electron chi connectivity index (χ0n) is 18.9. The van der Waals surface area contributed by atoms with Gasteiger partial charge in [-0.25, -0.2) is 14.2 Å². The van der Waals surface area contributed by atoms with Gasteiger partial charge < -0.3 is 20.4 Å². The molecule has 0 radical (unpaired) electrons. The number of aromatic amines is 2. The number of H-pyrrole nitrogens is 2. The summed E-state index contributed by atoms with van der Waals surface area (Å²) in [6, 6.07) is 11.6. The van der Waals surface area contributed by atoms with Crippen molar-refractivity contribution in [1.29, 1.82) is 0 Å². The van der Waals surface area contributed by atoms with Crippen LogP contribution in [0.25, 0.3) is 21.8 Å². The highest BCUT2D eigenvalue weighted by Gasteiger charge is 2.32. The van der Waals surface area contributed by atoms with Gasteiger partial charge in [0.2, 0.25) is 5.91 Å². The van der Waals surface area contributed by atoms with Crippen molar-refractivity contribution in [3.8, 4) is 0 Å². The Morgan fingerprint density at radius 2 is 1.68 bits per heavy atom. The number of nitrogens with one attached hydrogen (secondary N) is 3. The number of carbonyl (C=O) groups excluding carboxylic acids is 1. The van der Waals surface area contributed by atoms with Crippen molar-refractivity contribution < 1.29 is 14.7 Å². The van der Waals surface area contributed by atoms with Crippen molar-refractivity contribution in [3.05, 3.63) is 81.1 Å². The molecule has 4 N–H and O–H groups in total. The molecule has 0 fully saturated rings. The molecule has 2 aromatic carbocycles. The minimum absolute atomic E-state index is 0.0179. The molecule has 4 aromatic rings. The summed E-state index contributed by atoms with van der Waals surface area (Å²) >= 11 is 0. The Balaban J connectivity index is 1.84. The van der Waals surface area contributed by atoms with Gasteiger partial charge in [-0.3, -0.25) is 9.59 Å². The lowest BCUT2D eigenvalue weighted by Gasteiger charge is -2.24. The van der Waals surface area contributed by atoms with E-state index in [9.17, 15) is 24.3 Å². The molecular formula is C25H26N4O5. The van der Waals surface area contributed by atoms with Gasteiger partial charge in [0.1, 0.15) is 12.1 Å². The van der Waals surface area contributed by atoms with Crippen LogP contribution in [0.15, 0.2) is 64.3 Å². The molecule has 2 heterocycles. The van der Waals surface area contributed by atoms with E-state index in [1.165, 1.54) is 0 Å². The number of aliphatic carboxylic acids is 1. The monoisotopic (exact) mass is 462 g/mol. The van der Waals surface area contributed by atoms with Crippen LogP contribution in [0.2, 0.25) is 0 Å². The first-order chi connectivity index (χ1) is 16.3. The van der Waals surface area contributed by atoms with Gasteiger partial charge in [0.25, 0.3) is 5.56 Å². The van der Waals surface area contributed by atoms with E-state index in [-0.39, 0.29) is 17.7 Å². The molecule has 0 aliphatic heterocycles. The summed E-state index contributed by atoms with van der Waals surface area (Å²) in [6.07, 6.45) is 2.28. The molecule has 0 bridgehead atoms. The Bertz CT molecular complexity index is 1480. The van der Waals surface area contributed by atoms with E-state index < -0.39 is 35.2 Å². The summed E-state index contributed by atoms with van der Waals surface area (Å²) in [5.41, 5.74) is 0.585. The van der Waals surface area contributed by atoms with Crippen LogP contribution < -0.4 is 16.6 Å². The van der Waals surface area contributed by atoms with Crippen LogP contribution in [0.1, 0.15) is 31.9 Å². The van der Waals surface area contributed by atoms with Gasteiger partial charge in [-0.2, -0.15) is 0 Å². The number of nitrogens with zero attached hydrogens (tertiary/aromatic N) is 1. The molecule has 0 saturated carbocycles. The van der Waals surface area contributed by atoms with Gasteiger partial charge in [0, 0.05) is 23.5 Å². The maximum absolute atomic E-state index is 13.5. The van der Waals surface area contributed by atoms with Gasteiger partial charge in [-0.05, 0) is 29.7 Å². The van der Waals surface area contributed by atoms with Crippen molar-refractivity contribution in [1.82, 2.24) is 19.9 Å². The molecule has 9 nitrogen and oxygen atoms in total. The number of fused-ring (bicyclic) bond motifs is 2. The van der Waals surface area contributed by atoms with Crippen LogP contribution in [-0.4, -0.2) is 37.6 Å². The van der Waals surface area contributed by atoms with Crippen molar-refractivity contribution >= 4 is 33.7 Å². The second-order valence-electron chi connectivity index (χ2n) is 8.44. The van der Waals surface area contributed by atoms with E-state index in [1.54, 1.807) is 37.4 Å². The molecule has 4 rings (SSSR count).